The Morgan fingerprint density at radius 3 is 2.55 bits per heavy atom. The molecule has 0 spiro atoms. The third kappa shape index (κ3) is 3.25. The van der Waals surface area contributed by atoms with Gasteiger partial charge >= 0.3 is 6.18 Å². The van der Waals surface area contributed by atoms with E-state index in [9.17, 15) is 18.0 Å². The summed E-state index contributed by atoms with van der Waals surface area (Å²) in [7, 11) is 0. The number of alkyl halides is 3. The molecular weight excluding hydrogens is 271 g/mol. The maximum Gasteiger partial charge on any atom is 0.416 e. The molecule has 0 atom stereocenters. The molecule has 1 aromatic carbocycles. The minimum absolute atomic E-state index is 0.0449. The van der Waals surface area contributed by atoms with Crippen LogP contribution < -0.4 is 11.1 Å². The van der Waals surface area contributed by atoms with Crippen molar-refractivity contribution in [3.63, 3.8) is 0 Å². The van der Waals surface area contributed by atoms with Crippen molar-refractivity contribution in [1.82, 2.24) is 4.98 Å². The van der Waals surface area contributed by atoms with Gasteiger partial charge in [0.05, 0.1) is 17.4 Å². The van der Waals surface area contributed by atoms with Crippen LogP contribution in [0.5, 0.6) is 0 Å². The zero-order valence-corrected chi connectivity index (χ0v) is 10.1. The van der Waals surface area contributed by atoms with E-state index >= 15 is 0 Å². The van der Waals surface area contributed by atoms with Gasteiger partial charge < -0.3 is 11.1 Å². The van der Waals surface area contributed by atoms with Crippen LogP contribution in [0.15, 0.2) is 42.6 Å². The molecule has 2 rings (SSSR count). The van der Waals surface area contributed by atoms with Crippen molar-refractivity contribution in [2.45, 2.75) is 6.18 Å². The molecule has 1 amide bonds. The number of amides is 1. The molecule has 0 fully saturated rings. The molecule has 1 heterocycles. The number of pyridine rings is 1. The van der Waals surface area contributed by atoms with Gasteiger partial charge in [0.15, 0.2) is 0 Å². The van der Waals surface area contributed by atoms with Crippen LogP contribution in [0, 0.1) is 0 Å². The lowest BCUT2D eigenvalue weighted by Gasteiger charge is -2.09. The maximum absolute atomic E-state index is 12.5. The van der Waals surface area contributed by atoms with Crippen molar-refractivity contribution in [3.8, 4) is 0 Å². The SMILES string of the molecule is Nc1ccc(C(=O)Nc2cccc(C(F)(F)F)c2)nc1. The number of hydrogen-bond donors (Lipinski definition) is 2. The summed E-state index contributed by atoms with van der Waals surface area (Å²) >= 11 is 0. The highest BCUT2D eigenvalue weighted by Gasteiger charge is 2.30. The van der Waals surface area contributed by atoms with Gasteiger partial charge in [0.1, 0.15) is 5.69 Å². The Kier molecular flexibility index (Phi) is 3.60. The van der Waals surface area contributed by atoms with Crippen LogP contribution >= 0.6 is 0 Å². The molecule has 0 bridgehead atoms. The van der Waals surface area contributed by atoms with E-state index in [-0.39, 0.29) is 11.4 Å². The number of benzene rings is 1. The van der Waals surface area contributed by atoms with E-state index in [2.05, 4.69) is 10.3 Å². The molecule has 20 heavy (non-hydrogen) atoms. The van der Waals surface area contributed by atoms with Crippen LogP contribution in [0.1, 0.15) is 16.1 Å². The lowest BCUT2D eigenvalue weighted by Crippen LogP contribution is -2.14. The third-order valence-electron chi connectivity index (χ3n) is 2.47. The van der Waals surface area contributed by atoms with Gasteiger partial charge in [0, 0.05) is 5.69 Å². The summed E-state index contributed by atoms with van der Waals surface area (Å²) in [5.74, 6) is -0.607. The average molecular weight is 281 g/mol. The second-order valence-electron chi connectivity index (χ2n) is 4.01. The number of carbonyl (C=O) groups excluding carboxylic acids is 1. The monoisotopic (exact) mass is 281 g/mol. The highest BCUT2D eigenvalue weighted by molar-refractivity contribution is 6.02. The van der Waals surface area contributed by atoms with Gasteiger partial charge in [-0.2, -0.15) is 13.2 Å². The number of nitrogens with two attached hydrogens (primary N) is 1. The Morgan fingerprint density at radius 1 is 1.20 bits per heavy atom. The van der Waals surface area contributed by atoms with Gasteiger partial charge in [-0.15, -0.1) is 0 Å². The van der Waals surface area contributed by atoms with E-state index in [0.29, 0.717) is 5.69 Å². The molecule has 0 saturated carbocycles. The Bertz CT molecular complexity index is 624. The number of halogens is 3. The van der Waals surface area contributed by atoms with Crippen molar-refractivity contribution >= 4 is 17.3 Å². The first-order chi connectivity index (χ1) is 9.36. The molecule has 104 valence electrons. The number of nitrogens with zero attached hydrogens (tertiary/aromatic N) is 1. The van der Waals surface area contributed by atoms with Crippen molar-refractivity contribution < 1.29 is 18.0 Å². The summed E-state index contributed by atoms with van der Waals surface area (Å²) < 4.78 is 37.6. The molecular formula is C13H10F3N3O. The van der Waals surface area contributed by atoms with E-state index < -0.39 is 17.6 Å². The van der Waals surface area contributed by atoms with Crippen LogP contribution in [-0.2, 0) is 6.18 Å². The van der Waals surface area contributed by atoms with Crippen LogP contribution in [0.4, 0.5) is 24.5 Å². The first-order valence-corrected chi connectivity index (χ1v) is 5.56. The molecule has 1 aromatic heterocycles. The zero-order valence-electron chi connectivity index (χ0n) is 10.1. The number of nitrogens with one attached hydrogen (secondary N) is 1. The lowest BCUT2D eigenvalue weighted by atomic mass is 10.2. The van der Waals surface area contributed by atoms with E-state index in [1.54, 1.807) is 0 Å². The van der Waals surface area contributed by atoms with Crippen molar-refractivity contribution in [2.75, 3.05) is 11.1 Å². The first-order valence-electron chi connectivity index (χ1n) is 5.56. The molecule has 0 aliphatic carbocycles. The molecule has 0 aliphatic rings. The van der Waals surface area contributed by atoms with Crippen molar-refractivity contribution in [1.29, 1.82) is 0 Å². The van der Waals surface area contributed by atoms with Gasteiger partial charge in [0.2, 0.25) is 0 Å². The summed E-state index contributed by atoms with van der Waals surface area (Å²) in [6, 6.07) is 7.23. The fourth-order valence-corrected chi connectivity index (χ4v) is 1.51. The molecule has 0 radical (unpaired) electrons. The normalized spacial score (nSPS) is 11.2. The Hall–Kier alpha value is -2.57. The molecule has 3 N–H and O–H groups in total. The minimum atomic E-state index is -4.46. The number of aromatic nitrogens is 1. The van der Waals surface area contributed by atoms with Gasteiger partial charge in [-0.05, 0) is 30.3 Å². The Balaban J connectivity index is 2.18. The molecule has 0 unspecified atom stereocenters. The minimum Gasteiger partial charge on any atom is -0.397 e. The molecule has 7 heteroatoms. The third-order valence-corrected chi connectivity index (χ3v) is 2.47. The Morgan fingerprint density at radius 2 is 1.95 bits per heavy atom. The largest absolute Gasteiger partial charge is 0.416 e. The predicted molar refractivity (Wildman–Crippen MR) is 68.0 cm³/mol. The fraction of sp³-hybridized carbons (Fsp3) is 0.0769. The maximum atomic E-state index is 12.5. The van der Waals surface area contributed by atoms with E-state index in [1.165, 1.54) is 30.5 Å². The smallest absolute Gasteiger partial charge is 0.397 e. The summed E-state index contributed by atoms with van der Waals surface area (Å²) in [5, 5.41) is 2.35. The highest BCUT2D eigenvalue weighted by Crippen LogP contribution is 2.30. The van der Waals surface area contributed by atoms with Crippen LogP contribution in [0.3, 0.4) is 0 Å². The second-order valence-corrected chi connectivity index (χ2v) is 4.01. The average Bonchev–Trinajstić information content (AvgIpc) is 2.38. The first kappa shape index (κ1) is 13.9. The number of carbonyl (C=O) groups is 1. The van der Waals surface area contributed by atoms with Crippen molar-refractivity contribution in [3.05, 3.63) is 53.9 Å². The summed E-state index contributed by atoms with van der Waals surface area (Å²) in [5.41, 5.74) is 5.10. The van der Waals surface area contributed by atoms with Crippen LogP contribution in [0.2, 0.25) is 0 Å². The van der Waals surface area contributed by atoms with Gasteiger partial charge in [-0.3, -0.25) is 4.79 Å². The van der Waals surface area contributed by atoms with E-state index in [1.807, 2.05) is 0 Å². The summed E-state index contributed by atoms with van der Waals surface area (Å²) in [4.78, 5) is 15.6. The molecule has 2 aromatic rings. The predicted octanol–water partition coefficient (Wildman–Crippen LogP) is 2.93. The fourth-order valence-electron chi connectivity index (χ4n) is 1.51. The van der Waals surface area contributed by atoms with Crippen molar-refractivity contribution in [2.24, 2.45) is 0 Å². The molecule has 0 aliphatic heterocycles. The van der Waals surface area contributed by atoms with Gasteiger partial charge in [0.25, 0.3) is 5.91 Å². The zero-order chi connectivity index (χ0) is 14.8. The second kappa shape index (κ2) is 5.20. The highest BCUT2D eigenvalue weighted by atomic mass is 19.4. The lowest BCUT2D eigenvalue weighted by molar-refractivity contribution is -0.137. The number of hydrogen-bond acceptors (Lipinski definition) is 3. The van der Waals surface area contributed by atoms with Crippen LogP contribution in [0.25, 0.3) is 0 Å². The van der Waals surface area contributed by atoms with Gasteiger partial charge in [-0.25, -0.2) is 4.98 Å². The topological polar surface area (TPSA) is 68.0 Å². The number of anilines is 2. The van der Waals surface area contributed by atoms with E-state index in [0.717, 1.165) is 12.1 Å². The summed E-state index contributed by atoms with van der Waals surface area (Å²) in [6.45, 7) is 0. The number of rotatable bonds is 2. The standard InChI is InChI=1S/C13H10F3N3O/c14-13(15,16)8-2-1-3-10(6-8)19-12(20)11-5-4-9(17)7-18-11/h1-7H,17H2,(H,19,20). The van der Waals surface area contributed by atoms with E-state index in [4.69, 9.17) is 5.73 Å². The van der Waals surface area contributed by atoms with Crippen LogP contribution in [-0.4, -0.2) is 10.9 Å². The molecule has 0 saturated heterocycles. The molecule has 4 nitrogen and oxygen atoms in total. The summed E-state index contributed by atoms with van der Waals surface area (Å²) in [6.07, 6.45) is -3.17. The van der Waals surface area contributed by atoms with Gasteiger partial charge in [-0.1, -0.05) is 6.07 Å². The number of nitrogen functional groups attached to an aromatic ring is 1. The Labute approximate surface area is 112 Å². The quantitative estimate of drug-likeness (QED) is 0.889.